The molecule has 1 saturated heterocycles. The van der Waals surface area contributed by atoms with E-state index in [0.29, 0.717) is 33.0 Å². The van der Waals surface area contributed by atoms with E-state index in [1.165, 1.54) is 0 Å². The number of imidazole rings is 1. The van der Waals surface area contributed by atoms with E-state index in [1.807, 2.05) is 31.4 Å². The molecule has 2 aliphatic rings. The second-order valence-electron chi connectivity index (χ2n) is 7.02. The lowest BCUT2D eigenvalue weighted by Gasteiger charge is -2.26. The molecule has 3 heterocycles. The van der Waals surface area contributed by atoms with Crippen molar-refractivity contribution in [3.8, 4) is 0 Å². The van der Waals surface area contributed by atoms with Gasteiger partial charge in [-0.1, -0.05) is 0 Å². The first-order chi connectivity index (χ1) is 11.6. The highest BCUT2D eigenvalue weighted by atomic mass is 16.5. The van der Waals surface area contributed by atoms with Crippen molar-refractivity contribution < 1.29 is 14.3 Å². The normalized spacial score (nSPS) is 24.2. The predicted molar refractivity (Wildman–Crippen MR) is 89.4 cm³/mol. The number of rotatable bonds is 6. The lowest BCUT2D eigenvalue weighted by Crippen LogP contribution is -2.39. The first-order valence-electron chi connectivity index (χ1n) is 8.72. The van der Waals surface area contributed by atoms with E-state index in [9.17, 15) is 4.79 Å². The van der Waals surface area contributed by atoms with Crippen LogP contribution in [0.4, 0.5) is 0 Å². The maximum Gasteiger partial charge on any atom is 0.228 e. The van der Waals surface area contributed by atoms with E-state index in [0.717, 1.165) is 31.9 Å². The predicted octanol–water partition coefficient (Wildman–Crippen LogP) is 0.456. The quantitative estimate of drug-likeness (QED) is 0.706. The Hall–Kier alpha value is -1.44. The fourth-order valence-corrected chi connectivity index (χ4v) is 3.30. The van der Waals surface area contributed by atoms with Gasteiger partial charge in [-0.15, -0.1) is 0 Å². The summed E-state index contributed by atoms with van der Waals surface area (Å²) in [5.41, 5.74) is 0. The smallest absolute Gasteiger partial charge is 0.228 e. The molecule has 3 rings (SSSR count). The summed E-state index contributed by atoms with van der Waals surface area (Å²) in [6, 6.07) is 0. The Morgan fingerprint density at radius 1 is 1.46 bits per heavy atom. The molecule has 0 N–H and O–H groups in total. The van der Waals surface area contributed by atoms with E-state index in [1.54, 1.807) is 0 Å². The number of carbonyl (C=O) groups excluding carboxylic acids is 1. The number of nitrogens with zero attached hydrogens (tertiary/aromatic N) is 4. The van der Waals surface area contributed by atoms with Gasteiger partial charge in [0.15, 0.2) is 0 Å². The zero-order chi connectivity index (χ0) is 16.9. The van der Waals surface area contributed by atoms with Crippen molar-refractivity contribution in [2.24, 2.45) is 11.8 Å². The van der Waals surface area contributed by atoms with Gasteiger partial charge in [-0.3, -0.25) is 4.79 Å². The Kier molecular flexibility index (Phi) is 5.86. The summed E-state index contributed by atoms with van der Waals surface area (Å²) in [4.78, 5) is 21.3. The summed E-state index contributed by atoms with van der Waals surface area (Å²) in [6.45, 7) is 5.68. The summed E-state index contributed by atoms with van der Waals surface area (Å²) >= 11 is 0. The van der Waals surface area contributed by atoms with Gasteiger partial charge in [0.25, 0.3) is 0 Å². The summed E-state index contributed by atoms with van der Waals surface area (Å²) < 4.78 is 13.4. The van der Waals surface area contributed by atoms with Crippen LogP contribution in [0.1, 0.15) is 12.2 Å². The Balaban J connectivity index is 1.63. The topological polar surface area (TPSA) is 59.8 Å². The van der Waals surface area contributed by atoms with Gasteiger partial charge in [-0.2, -0.15) is 0 Å². The summed E-state index contributed by atoms with van der Waals surface area (Å²) in [6.07, 6.45) is 4.63. The van der Waals surface area contributed by atoms with Crippen molar-refractivity contribution in [1.29, 1.82) is 0 Å². The van der Waals surface area contributed by atoms with E-state index >= 15 is 0 Å². The number of carbonyl (C=O) groups is 1. The van der Waals surface area contributed by atoms with Crippen LogP contribution in [0, 0.1) is 11.8 Å². The van der Waals surface area contributed by atoms with Gasteiger partial charge in [-0.05, 0) is 20.5 Å². The lowest BCUT2D eigenvalue weighted by molar-refractivity contribution is -0.137. The van der Waals surface area contributed by atoms with Crippen molar-refractivity contribution in [1.82, 2.24) is 19.4 Å². The SMILES string of the molecule is CN(C)CCOC[C@@H]1CN(C(=O)[C@@H]2CCOC2)Cc2nccn2C1. The highest BCUT2D eigenvalue weighted by Gasteiger charge is 2.32. The van der Waals surface area contributed by atoms with Crippen LogP contribution < -0.4 is 0 Å². The number of amides is 1. The molecule has 7 heteroatoms. The zero-order valence-corrected chi connectivity index (χ0v) is 14.7. The molecule has 1 aromatic rings. The van der Waals surface area contributed by atoms with Gasteiger partial charge >= 0.3 is 0 Å². The van der Waals surface area contributed by atoms with Gasteiger partial charge in [-0.25, -0.2) is 4.98 Å². The van der Waals surface area contributed by atoms with Crippen molar-refractivity contribution in [2.75, 3.05) is 53.6 Å². The number of hydrogen-bond acceptors (Lipinski definition) is 5. The molecule has 24 heavy (non-hydrogen) atoms. The molecule has 2 aliphatic heterocycles. The maximum atomic E-state index is 12.8. The first kappa shape index (κ1) is 17.4. The molecule has 0 bridgehead atoms. The molecule has 0 aromatic carbocycles. The molecule has 7 nitrogen and oxygen atoms in total. The Morgan fingerprint density at radius 3 is 3.08 bits per heavy atom. The van der Waals surface area contributed by atoms with Crippen LogP contribution in [0.2, 0.25) is 0 Å². The Labute approximate surface area is 143 Å². The van der Waals surface area contributed by atoms with Gasteiger partial charge < -0.3 is 23.8 Å². The van der Waals surface area contributed by atoms with Crippen molar-refractivity contribution in [3.63, 3.8) is 0 Å². The molecular formula is C17H28N4O3. The van der Waals surface area contributed by atoms with Gasteiger partial charge in [0.05, 0.1) is 32.3 Å². The molecule has 0 spiro atoms. The van der Waals surface area contributed by atoms with Crippen LogP contribution in [0.5, 0.6) is 0 Å². The molecule has 1 aromatic heterocycles. The van der Waals surface area contributed by atoms with Crippen LogP contribution >= 0.6 is 0 Å². The summed E-state index contributed by atoms with van der Waals surface area (Å²) in [7, 11) is 4.08. The molecule has 0 unspecified atom stereocenters. The minimum absolute atomic E-state index is 0.00169. The van der Waals surface area contributed by atoms with E-state index in [-0.39, 0.29) is 17.7 Å². The number of fused-ring (bicyclic) bond motifs is 1. The highest BCUT2D eigenvalue weighted by Crippen LogP contribution is 2.21. The van der Waals surface area contributed by atoms with E-state index in [2.05, 4.69) is 14.5 Å². The monoisotopic (exact) mass is 336 g/mol. The summed E-state index contributed by atoms with van der Waals surface area (Å²) in [5, 5.41) is 0. The largest absolute Gasteiger partial charge is 0.381 e. The molecule has 0 saturated carbocycles. The maximum absolute atomic E-state index is 12.8. The Bertz CT molecular complexity index is 540. The van der Waals surface area contributed by atoms with Crippen LogP contribution in [0.25, 0.3) is 0 Å². The average Bonchev–Trinajstić information content (AvgIpc) is 3.19. The van der Waals surface area contributed by atoms with Gasteiger partial charge in [0, 0.05) is 44.6 Å². The second kappa shape index (κ2) is 8.09. The zero-order valence-electron chi connectivity index (χ0n) is 14.7. The second-order valence-corrected chi connectivity index (χ2v) is 7.02. The number of ether oxygens (including phenoxy) is 2. The van der Waals surface area contributed by atoms with Crippen LogP contribution in [0.15, 0.2) is 12.4 Å². The summed E-state index contributed by atoms with van der Waals surface area (Å²) in [5.74, 6) is 1.44. The number of hydrogen-bond donors (Lipinski definition) is 0. The molecule has 0 aliphatic carbocycles. The first-order valence-corrected chi connectivity index (χ1v) is 8.72. The molecule has 134 valence electrons. The van der Waals surface area contributed by atoms with Gasteiger partial charge in [0.1, 0.15) is 5.82 Å². The Morgan fingerprint density at radius 2 is 2.33 bits per heavy atom. The van der Waals surface area contributed by atoms with Crippen molar-refractivity contribution in [3.05, 3.63) is 18.2 Å². The van der Waals surface area contributed by atoms with Crippen LogP contribution in [0.3, 0.4) is 0 Å². The molecular weight excluding hydrogens is 308 g/mol. The molecule has 0 radical (unpaired) electrons. The molecule has 2 atom stereocenters. The minimum Gasteiger partial charge on any atom is -0.381 e. The highest BCUT2D eigenvalue weighted by molar-refractivity contribution is 5.79. The fourth-order valence-electron chi connectivity index (χ4n) is 3.30. The fraction of sp³-hybridized carbons (Fsp3) is 0.765. The van der Waals surface area contributed by atoms with Gasteiger partial charge in [0.2, 0.25) is 5.91 Å². The minimum atomic E-state index is 0.00169. The van der Waals surface area contributed by atoms with E-state index in [4.69, 9.17) is 9.47 Å². The number of likely N-dealkylation sites (N-methyl/N-ethyl adjacent to an activating group) is 1. The van der Waals surface area contributed by atoms with Crippen molar-refractivity contribution in [2.45, 2.75) is 19.5 Å². The number of aromatic nitrogens is 2. The van der Waals surface area contributed by atoms with E-state index < -0.39 is 0 Å². The molecule has 1 amide bonds. The molecule has 1 fully saturated rings. The standard InChI is InChI=1S/C17H28N4O3/c1-19(2)6-8-24-12-14-9-20-5-4-18-16(20)11-21(10-14)17(22)15-3-7-23-13-15/h4-5,14-15H,3,6-13H2,1-2H3/t14-,15+/m0/s1. The third-order valence-corrected chi connectivity index (χ3v) is 4.69. The lowest BCUT2D eigenvalue weighted by atomic mass is 10.1. The average molecular weight is 336 g/mol. The third-order valence-electron chi connectivity index (χ3n) is 4.69. The third kappa shape index (κ3) is 4.34. The van der Waals surface area contributed by atoms with Crippen molar-refractivity contribution >= 4 is 5.91 Å². The van der Waals surface area contributed by atoms with Crippen LogP contribution in [-0.2, 0) is 27.4 Å². The van der Waals surface area contributed by atoms with Crippen LogP contribution in [-0.4, -0.2) is 78.9 Å².